The van der Waals surface area contributed by atoms with E-state index in [0.717, 1.165) is 16.9 Å². The predicted molar refractivity (Wildman–Crippen MR) is 72.8 cm³/mol. The average molecular weight is 226 g/mol. The number of nitrogens with zero attached hydrogens (tertiary/aromatic N) is 1. The monoisotopic (exact) mass is 226 g/mol. The van der Waals surface area contributed by atoms with Crippen LogP contribution in [-0.4, -0.2) is 4.98 Å². The molecule has 2 aromatic rings. The van der Waals surface area contributed by atoms with Gasteiger partial charge in [0.25, 0.3) is 0 Å². The highest BCUT2D eigenvalue weighted by atomic mass is 14.7. The molecule has 0 amide bonds. The molecule has 0 aliphatic heterocycles. The summed E-state index contributed by atoms with van der Waals surface area (Å²) in [5, 5.41) is 0. The summed E-state index contributed by atoms with van der Waals surface area (Å²) in [4.78, 5) is 4.50. The minimum Gasteiger partial charge on any atom is -0.398 e. The van der Waals surface area contributed by atoms with Gasteiger partial charge in [0.2, 0.25) is 0 Å². The van der Waals surface area contributed by atoms with E-state index in [1.165, 1.54) is 5.56 Å². The Morgan fingerprint density at radius 2 is 1.71 bits per heavy atom. The van der Waals surface area contributed by atoms with Crippen LogP contribution in [0, 0.1) is 0 Å². The van der Waals surface area contributed by atoms with Gasteiger partial charge >= 0.3 is 0 Å². The molecule has 0 unspecified atom stereocenters. The molecule has 88 valence electrons. The Bertz CT molecular complexity index is 507. The zero-order valence-electron chi connectivity index (χ0n) is 10.6. The fraction of sp³-hybridized carbons (Fsp3) is 0.267. The van der Waals surface area contributed by atoms with E-state index in [1.54, 1.807) is 0 Å². The number of aromatic nitrogens is 1. The Morgan fingerprint density at radius 1 is 1.00 bits per heavy atom. The number of pyridine rings is 1. The zero-order chi connectivity index (χ0) is 12.5. The van der Waals surface area contributed by atoms with Gasteiger partial charge in [-0.3, -0.25) is 4.98 Å². The molecule has 2 nitrogen and oxygen atoms in total. The van der Waals surface area contributed by atoms with Gasteiger partial charge in [0.05, 0.1) is 5.69 Å². The number of nitrogens with two attached hydrogens (primary N) is 1. The molecule has 0 atom stereocenters. The smallest absolute Gasteiger partial charge is 0.0722 e. The van der Waals surface area contributed by atoms with Crippen LogP contribution in [0.2, 0.25) is 0 Å². The summed E-state index contributed by atoms with van der Waals surface area (Å²) in [5.41, 5.74) is 9.99. The predicted octanol–water partition coefficient (Wildman–Crippen LogP) is 3.63. The highest BCUT2D eigenvalue weighted by Gasteiger charge is 2.14. The second-order valence-corrected chi connectivity index (χ2v) is 5.27. The normalized spacial score (nSPS) is 11.5. The quantitative estimate of drug-likeness (QED) is 0.754. The highest BCUT2D eigenvalue weighted by molar-refractivity contribution is 5.73. The van der Waals surface area contributed by atoms with Crippen molar-refractivity contribution in [2.45, 2.75) is 26.2 Å². The second-order valence-electron chi connectivity index (χ2n) is 5.27. The lowest BCUT2D eigenvalue weighted by molar-refractivity contribution is 0.587. The number of para-hydroxylation sites is 1. The van der Waals surface area contributed by atoms with E-state index in [-0.39, 0.29) is 5.41 Å². The SMILES string of the molecule is CC(C)(C)c1ccc(-c2ccccc2N)nc1. The summed E-state index contributed by atoms with van der Waals surface area (Å²) in [7, 11) is 0. The lowest BCUT2D eigenvalue weighted by Gasteiger charge is -2.18. The molecule has 17 heavy (non-hydrogen) atoms. The number of benzene rings is 1. The van der Waals surface area contributed by atoms with Crippen LogP contribution in [0.15, 0.2) is 42.6 Å². The Hall–Kier alpha value is -1.83. The summed E-state index contributed by atoms with van der Waals surface area (Å²) in [6.07, 6.45) is 1.93. The molecule has 2 N–H and O–H groups in total. The molecule has 0 bridgehead atoms. The minimum atomic E-state index is 0.133. The van der Waals surface area contributed by atoms with E-state index in [9.17, 15) is 0 Å². The van der Waals surface area contributed by atoms with Crippen LogP contribution in [0.5, 0.6) is 0 Å². The van der Waals surface area contributed by atoms with Crippen molar-refractivity contribution in [2.24, 2.45) is 0 Å². The number of nitrogen functional groups attached to an aromatic ring is 1. The Morgan fingerprint density at radius 3 is 2.24 bits per heavy atom. The minimum absolute atomic E-state index is 0.133. The van der Waals surface area contributed by atoms with Crippen molar-refractivity contribution in [3.8, 4) is 11.3 Å². The molecular formula is C15H18N2. The van der Waals surface area contributed by atoms with Crippen LogP contribution in [0.25, 0.3) is 11.3 Å². The maximum Gasteiger partial charge on any atom is 0.0722 e. The van der Waals surface area contributed by atoms with Crippen molar-refractivity contribution in [2.75, 3.05) is 5.73 Å². The molecule has 1 aromatic heterocycles. The van der Waals surface area contributed by atoms with E-state index >= 15 is 0 Å². The van der Waals surface area contributed by atoms with Gasteiger partial charge in [-0.1, -0.05) is 45.0 Å². The largest absolute Gasteiger partial charge is 0.398 e. The summed E-state index contributed by atoms with van der Waals surface area (Å²) in [6, 6.07) is 12.0. The van der Waals surface area contributed by atoms with Crippen molar-refractivity contribution in [1.29, 1.82) is 0 Å². The van der Waals surface area contributed by atoms with E-state index in [0.29, 0.717) is 0 Å². The van der Waals surface area contributed by atoms with Crippen molar-refractivity contribution < 1.29 is 0 Å². The topological polar surface area (TPSA) is 38.9 Å². The summed E-state index contributed by atoms with van der Waals surface area (Å²) < 4.78 is 0. The van der Waals surface area contributed by atoms with Crippen molar-refractivity contribution in [3.05, 3.63) is 48.2 Å². The van der Waals surface area contributed by atoms with Crippen LogP contribution in [-0.2, 0) is 5.41 Å². The third-order valence-corrected chi connectivity index (χ3v) is 2.87. The maximum absolute atomic E-state index is 5.94. The fourth-order valence-electron chi connectivity index (χ4n) is 1.73. The number of hydrogen-bond acceptors (Lipinski definition) is 2. The van der Waals surface area contributed by atoms with Crippen molar-refractivity contribution >= 4 is 5.69 Å². The van der Waals surface area contributed by atoms with Crippen LogP contribution in [0.3, 0.4) is 0 Å². The molecular weight excluding hydrogens is 208 g/mol. The first-order valence-electron chi connectivity index (χ1n) is 5.80. The summed E-state index contributed by atoms with van der Waals surface area (Å²) >= 11 is 0. The molecule has 0 aliphatic carbocycles. The summed E-state index contributed by atoms with van der Waals surface area (Å²) in [5.74, 6) is 0. The first kappa shape index (κ1) is 11.6. The zero-order valence-corrected chi connectivity index (χ0v) is 10.6. The fourth-order valence-corrected chi connectivity index (χ4v) is 1.73. The Labute approximate surface area is 103 Å². The van der Waals surface area contributed by atoms with Gasteiger partial charge in [-0.2, -0.15) is 0 Å². The molecule has 0 radical (unpaired) electrons. The molecule has 0 fully saturated rings. The third kappa shape index (κ3) is 2.47. The standard InChI is InChI=1S/C15H18N2/c1-15(2,3)11-8-9-14(17-10-11)12-6-4-5-7-13(12)16/h4-10H,16H2,1-3H3. The average Bonchev–Trinajstić information content (AvgIpc) is 2.29. The van der Waals surface area contributed by atoms with E-state index in [2.05, 4.69) is 31.8 Å². The molecule has 1 aromatic carbocycles. The van der Waals surface area contributed by atoms with Crippen LogP contribution in [0.4, 0.5) is 5.69 Å². The van der Waals surface area contributed by atoms with E-state index < -0.39 is 0 Å². The van der Waals surface area contributed by atoms with Crippen LogP contribution < -0.4 is 5.73 Å². The van der Waals surface area contributed by atoms with Gasteiger partial charge in [0.15, 0.2) is 0 Å². The molecule has 0 aliphatic rings. The van der Waals surface area contributed by atoms with Gasteiger partial charge in [-0.15, -0.1) is 0 Å². The second kappa shape index (κ2) is 4.21. The van der Waals surface area contributed by atoms with E-state index in [4.69, 9.17) is 5.73 Å². The van der Waals surface area contributed by atoms with Gasteiger partial charge < -0.3 is 5.73 Å². The molecule has 1 heterocycles. The van der Waals surface area contributed by atoms with Gasteiger partial charge in [-0.25, -0.2) is 0 Å². The highest BCUT2D eigenvalue weighted by Crippen LogP contribution is 2.26. The lowest BCUT2D eigenvalue weighted by Crippen LogP contribution is -2.11. The van der Waals surface area contributed by atoms with Gasteiger partial charge in [0, 0.05) is 17.4 Å². The molecule has 2 rings (SSSR count). The lowest BCUT2D eigenvalue weighted by atomic mass is 9.88. The number of rotatable bonds is 1. The van der Waals surface area contributed by atoms with E-state index in [1.807, 2.05) is 36.5 Å². The molecule has 0 saturated heterocycles. The Balaban J connectivity index is 2.40. The van der Waals surface area contributed by atoms with Crippen molar-refractivity contribution in [1.82, 2.24) is 4.98 Å². The number of hydrogen-bond donors (Lipinski definition) is 1. The Kier molecular flexibility index (Phi) is 2.88. The first-order valence-corrected chi connectivity index (χ1v) is 5.80. The first-order chi connectivity index (χ1) is 7.98. The molecule has 0 saturated carbocycles. The number of anilines is 1. The van der Waals surface area contributed by atoms with Crippen molar-refractivity contribution in [3.63, 3.8) is 0 Å². The van der Waals surface area contributed by atoms with Crippen LogP contribution >= 0.6 is 0 Å². The molecule has 2 heteroatoms. The maximum atomic E-state index is 5.94. The van der Waals surface area contributed by atoms with Gasteiger partial charge in [-0.05, 0) is 23.1 Å². The van der Waals surface area contributed by atoms with Gasteiger partial charge in [0.1, 0.15) is 0 Å². The van der Waals surface area contributed by atoms with Crippen LogP contribution in [0.1, 0.15) is 26.3 Å². The summed E-state index contributed by atoms with van der Waals surface area (Å²) in [6.45, 7) is 6.54. The third-order valence-electron chi connectivity index (χ3n) is 2.87. The molecule has 0 spiro atoms.